The molecule has 1 amide bonds. The van der Waals surface area contributed by atoms with Gasteiger partial charge in [-0.05, 0) is 91.1 Å². The molecule has 0 atom stereocenters. The first kappa shape index (κ1) is 30.8. The number of carbonyl (C=O) groups excluding carboxylic acids is 1. The zero-order valence-corrected chi connectivity index (χ0v) is 27.1. The summed E-state index contributed by atoms with van der Waals surface area (Å²) in [7, 11) is 0. The van der Waals surface area contributed by atoms with Gasteiger partial charge < -0.3 is 19.0 Å². The number of carbonyl (C=O) groups is 1. The molecule has 5 rings (SSSR count). The van der Waals surface area contributed by atoms with Crippen LogP contribution in [0.2, 0.25) is 0 Å². The first-order chi connectivity index (χ1) is 20.7. The SMILES string of the molecule is CCN(CC)c1ccc2c(-c3ccccc3C(=O)N3CCC(OC(C)(C)C)CC3)c3ccc(=[N+](CC)CC)cc-3oc2c1. The van der Waals surface area contributed by atoms with E-state index in [4.69, 9.17) is 9.15 Å². The van der Waals surface area contributed by atoms with Crippen LogP contribution in [0.1, 0.15) is 71.7 Å². The van der Waals surface area contributed by atoms with Gasteiger partial charge in [-0.1, -0.05) is 18.2 Å². The molecule has 2 aromatic carbocycles. The highest BCUT2D eigenvalue weighted by Gasteiger charge is 2.29. The van der Waals surface area contributed by atoms with Gasteiger partial charge in [0.15, 0.2) is 0 Å². The fourth-order valence-corrected chi connectivity index (χ4v) is 6.46. The molecule has 3 aliphatic rings. The van der Waals surface area contributed by atoms with Crippen molar-refractivity contribution >= 4 is 22.6 Å². The minimum absolute atomic E-state index is 0.0754. The number of fused-ring (bicyclic) bond motifs is 2. The molecular weight excluding hydrogens is 534 g/mol. The molecule has 2 aromatic rings. The first-order valence-electron chi connectivity index (χ1n) is 16.1. The van der Waals surface area contributed by atoms with Gasteiger partial charge in [-0.2, -0.15) is 0 Å². The lowest BCUT2D eigenvalue weighted by molar-refractivity contribution is -0.0791. The number of hydrogen-bond acceptors (Lipinski definition) is 4. The quantitative estimate of drug-likeness (QED) is 0.162. The molecule has 1 aliphatic carbocycles. The van der Waals surface area contributed by atoms with Crippen LogP contribution >= 0.6 is 0 Å². The number of benzene rings is 3. The number of hydrogen-bond donors (Lipinski definition) is 0. The van der Waals surface area contributed by atoms with Crippen LogP contribution in [0.15, 0.2) is 65.1 Å². The Morgan fingerprint density at radius 1 is 0.930 bits per heavy atom. The van der Waals surface area contributed by atoms with E-state index in [9.17, 15) is 4.79 Å². The number of ether oxygens (including phenoxy) is 1. The Bertz CT molecular complexity index is 1610. The van der Waals surface area contributed by atoms with E-state index in [0.717, 1.165) is 89.0 Å². The Morgan fingerprint density at radius 3 is 2.28 bits per heavy atom. The molecule has 2 heterocycles. The molecule has 6 nitrogen and oxygen atoms in total. The maximum Gasteiger partial charge on any atom is 0.254 e. The smallest absolute Gasteiger partial charge is 0.254 e. The van der Waals surface area contributed by atoms with Crippen LogP contribution in [0.25, 0.3) is 33.4 Å². The van der Waals surface area contributed by atoms with Gasteiger partial charge in [-0.25, -0.2) is 4.58 Å². The molecule has 0 unspecified atom stereocenters. The molecule has 0 aromatic heterocycles. The summed E-state index contributed by atoms with van der Waals surface area (Å²) in [6.45, 7) is 20.0. The van der Waals surface area contributed by atoms with Gasteiger partial charge in [-0.3, -0.25) is 4.79 Å². The Hall–Kier alpha value is -3.64. The average molecular weight is 583 g/mol. The third-order valence-corrected chi connectivity index (χ3v) is 8.62. The van der Waals surface area contributed by atoms with Crippen molar-refractivity contribution in [1.82, 2.24) is 9.48 Å². The predicted octanol–water partition coefficient (Wildman–Crippen LogP) is 7.28. The average Bonchev–Trinajstić information content (AvgIpc) is 3.00. The van der Waals surface area contributed by atoms with Crippen molar-refractivity contribution < 1.29 is 13.9 Å². The van der Waals surface area contributed by atoms with Gasteiger partial charge >= 0.3 is 0 Å². The fraction of sp³-hybridized carbons (Fsp3) is 0.459. The topological polar surface area (TPSA) is 48.9 Å². The number of nitrogens with zero attached hydrogens (tertiary/aromatic N) is 3. The highest BCUT2D eigenvalue weighted by atomic mass is 16.5. The minimum atomic E-state index is -0.180. The summed E-state index contributed by atoms with van der Waals surface area (Å²) in [6.07, 6.45) is 1.88. The van der Waals surface area contributed by atoms with Crippen LogP contribution < -0.4 is 14.8 Å². The first-order valence-corrected chi connectivity index (χ1v) is 16.1. The minimum Gasteiger partial charge on any atom is -0.456 e. The number of amides is 1. The van der Waals surface area contributed by atoms with E-state index in [2.05, 4.69) is 100 Å². The molecule has 43 heavy (non-hydrogen) atoms. The lowest BCUT2D eigenvalue weighted by atomic mass is 9.90. The molecule has 0 bridgehead atoms. The van der Waals surface area contributed by atoms with Gasteiger partial charge in [0.25, 0.3) is 5.91 Å². The molecular formula is C37H48N3O3+. The van der Waals surface area contributed by atoms with Crippen molar-refractivity contribution in [2.75, 3.05) is 44.2 Å². The highest BCUT2D eigenvalue weighted by molar-refractivity contribution is 6.09. The standard InChI is InChI=1S/C37H48N3O3/c1-8-38(9-2)26-16-18-31-33(24-26)42-34-25-27(39(10-3)11-4)17-19-32(34)35(31)29-14-12-13-15-30(29)36(41)40-22-20-28(21-23-40)43-37(5,6)7/h12-19,24-25,28H,8-11,20-23H2,1-7H3/q+1. The Labute approximate surface area is 256 Å². The van der Waals surface area contributed by atoms with Crippen molar-refractivity contribution in [2.24, 2.45) is 0 Å². The second kappa shape index (κ2) is 12.9. The summed E-state index contributed by atoms with van der Waals surface area (Å²) in [5.74, 6) is 0.900. The van der Waals surface area contributed by atoms with Crippen LogP contribution in [0, 0.1) is 0 Å². The van der Waals surface area contributed by atoms with Crippen LogP contribution in [-0.2, 0) is 4.74 Å². The van der Waals surface area contributed by atoms with Crippen molar-refractivity contribution in [2.45, 2.75) is 73.0 Å². The van der Waals surface area contributed by atoms with Crippen LogP contribution in [-0.4, -0.2) is 61.8 Å². The molecule has 0 N–H and O–H groups in total. The molecule has 2 aliphatic heterocycles. The third kappa shape index (κ3) is 6.50. The van der Waals surface area contributed by atoms with Crippen molar-refractivity contribution in [3.05, 3.63) is 71.6 Å². The molecule has 0 spiro atoms. The second-order valence-corrected chi connectivity index (χ2v) is 12.4. The summed E-state index contributed by atoms with van der Waals surface area (Å²) >= 11 is 0. The monoisotopic (exact) mass is 582 g/mol. The normalized spacial score (nSPS) is 14.4. The highest BCUT2D eigenvalue weighted by Crippen LogP contribution is 2.42. The largest absolute Gasteiger partial charge is 0.456 e. The number of rotatable bonds is 8. The number of piperidine rings is 1. The molecule has 1 saturated heterocycles. The predicted molar refractivity (Wildman–Crippen MR) is 178 cm³/mol. The van der Waals surface area contributed by atoms with E-state index in [1.165, 1.54) is 0 Å². The Kier molecular flexibility index (Phi) is 9.26. The van der Waals surface area contributed by atoms with E-state index in [1.54, 1.807) is 0 Å². The fourth-order valence-electron chi connectivity index (χ4n) is 6.46. The summed E-state index contributed by atoms with van der Waals surface area (Å²) in [4.78, 5) is 18.5. The van der Waals surface area contributed by atoms with Crippen LogP contribution in [0.3, 0.4) is 0 Å². The van der Waals surface area contributed by atoms with Gasteiger partial charge in [0.2, 0.25) is 5.36 Å². The number of anilines is 1. The molecule has 0 radical (unpaired) electrons. The summed E-state index contributed by atoms with van der Waals surface area (Å²) in [6, 6.07) is 21.1. The van der Waals surface area contributed by atoms with Crippen molar-refractivity contribution in [3.63, 3.8) is 0 Å². The second-order valence-electron chi connectivity index (χ2n) is 12.4. The Morgan fingerprint density at radius 2 is 1.63 bits per heavy atom. The zero-order valence-electron chi connectivity index (χ0n) is 27.1. The van der Waals surface area contributed by atoms with Crippen LogP contribution in [0.4, 0.5) is 5.69 Å². The van der Waals surface area contributed by atoms with E-state index in [1.807, 2.05) is 23.1 Å². The van der Waals surface area contributed by atoms with Gasteiger partial charge in [0.1, 0.15) is 24.4 Å². The zero-order chi connectivity index (χ0) is 30.7. The molecule has 228 valence electrons. The molecule has 1 fully saturated rings. The van der Waals surface area contributed by atoms with Crippen molar-refractivity contribution in [1.29, 1.82) is 0 Å². The van der Waals surface area contributed by atoms with Crippen molar-refractivity contribution in [3.8, 4) is 22.5 Å². The molecule has 6 heteroatoms. The third-order valence-electron chi connectivity index (χ3n) is 8.62. The van der Waals surface area contributed by atoms with E-state index in [0.29, 0.717) is 13.1 Å². The van der Waals surface area contributed by atoms with E-state index < -0.39 is 0 Å². The van der Waals surface area contributed by atoms with Gasteiger partial charge in [0.05, 0.1) is 17.8 Å². The van der Waals surface area contributed by atoms with Gasteiger partial charge in [0, 0.05) is 66.1 Å². The van der Waals surface area contributed by atoms with E-state index in [-0.39, 0.29) is 17.6 Å². The lowest BCUT2D eigenvalue weighted by Crippen LogP contribution is -2.42. The Balaban J connectivity index is 1.65. The summed E-state index contributed by atoms with van der Waals surface area (Å²) in [5.41, 5.74) is 5.51. The van der Waals surface area contributed by atoms with Crippen LogP contribution in [0.5, 0.6) is 0 Å². The summed E-state index contributed by atoms with van der Waals surface area (Å²) in [5, 5.41) is 2.15. The lowest BCUT2D eigenvalue weighted by Gasteiger charge is -2.35. The maximum absolute atomic E-state index is 14.1. The van der Waals surface area contributed by atoms with Gasteiger partial charge in [-0.15, -0.1) is 0 Å². The summed E-state index contributed by atoms with van der Waals surface area (Å²) < 4.78 is 15.2. The number of likely N-dealkylation sites (tertiary alicyclic amines) is 1. The maximum atomic E-state index is 14.1. The molecule has 0 saturated carbocycles. The van der Waals surface area contributed by atoms with E-state index >= 15 is 0 Å².